The fourth-order valence-corrected chi connectivity index (χ4v) is 6.32. The number of anilines is 2. The van der Waals surface area contributed by atoms with Gasteiger partial charge in [0, 0.05) is 29.1 Å². The van der Waals surface area contributed by atoms with Crippen LogP contribution in [0.25, 0.3) is 11.1 Å². The SMILES string of the molecule is COc1cc(Cl)cc(C(=O)Nc2ccc(Cl)cn2)c1NC(=O)c1ccc(-c2ccccc2S(C)(=O)=NC(=O)OCc2ccccc2)cc1. The third-order valence-corrected chi connectivity index (χ3v) is 9.06. The number of rotatable bonds is 9. The van der Waals surface area contributed by atoms with Crippen molar-refractivity contribution in [1.29, 1.82) is 0 Å². The Bertz CT molecular complexity index is 2100. The monoisotopic (exact) mass is 702 g/mol. The van der Waals surface area contributed by atoms with E-state index >= 15 is 0 Å². The highest BCUT2D eigenvalue weighted by atomic mass is 35.5. The lowest BCUT2D eigenvalue weighted by molar-refractivity contribution is 0.102. The molecule has 3 amide bonds. The molecular formula is C35H28Cl2N4O6S. The van der Waals surface area contributed by atoms with Crippen molar-refractivity contribution in [3.05, 3.63) is 136 Å². The molecule has 5 aromatic rings. The molecule has 48 heavy (non-hydrogen) atoms. The average Bonchev–Trinajstić information content (AvgIpc) is 3.09. The maximum absolute atomic E-state index is 13.7. The number of hydrogen-bond acceptors (Lipinski definition) is 7. The number of benzene rings is 4. The molecule has 1 aromatic heterocycles. The summed E-state index contributed by atoms with van der Waals surface area (Å²) in [5, 5.41) is 6.02. The quantitative estimate of drug-likeness (QED) is 0.157. The second kappa shape index (κ2) is 15.1. The van der Waals surface area contributed by atoms with Gasteiger partial charge in [0.2, 0.25) is 0 Å². The van der Waals surface area contributed by atoms with Gasteiger partial charge >= 0.3 is 6.09 Å². The Morgan fingerprint density at radius 3 is 2.23 bits per heavy atom. The standard InChI is InChI=1S/C35H28Cl2N4O6S/c1-46-29-19-26(37)18-28(34(43)39-31-17-16-25(36)20-38-31)32(29)40-33(42)24-14-12-23(13-15-24)27-10-6-7-11-30(27)48(2,45)41-35(44)47-21-22-8-4-3-5-9-22/h3-20H,21H2,1-2H3,(H,40,42)(H,38,39,43). The maximum atomic E-state index is 13.7. The van der Waals surface area contributed by atoms with Gasteiger partial charge in [-0.2, -0.15) is 0 Å². The van der Waals surface area contributed by atoms with Crippen LogP contribution in [0.5, 0.6) is 5.75 Å². The number of carbonyl (C=O) groups is 3. The van der Waals surface area contributed by atoms with E-state index in [0.29, 0.717) is 21.0 Å². The van der Waals surface area contributed by atoms with Crippen molar-refractivity contribution >= 4 is 62.3 Å². The number of nitrogens with zero attached hydrogens (tertiary/aromatic N) is 2. The molecule has 0 aliphatic heterocycles. The first kappa shape index (κ1) is 34.1. The summed E-state index contributed by atoms with van der Waals surface area (Å²) in [5.74, 6) is -0.723. The third-order valence-electron chi connectivity index (χ3n) is 6.95. The molecular weight excluding hydrogens is 675 g/mol. The zero-order valence-corrected chi connectivity index (χ0v) is 27.9. The summed E-state index contributed by atoms with van der Waals surface area (Å²) < 4.78 is 28.2. The zero-order chi connectivity index (χ0) is 34.3. The van der Waals surface area contributed by atoms with E-state index in [1.165, 1.54) is 37.8 Å². The van der Waals surface area contributed by atoms with Crippen molar-refractivity contribution in [2.24, 2.45) is 4.36 Å². The Hall–Kier alpha value is -5.23. The topological polar surface area (TPSA) is 136 Å². The van der Waals surface area contributed by atoms with Gasteiger partial charge in [-0.1, -0.05) is 83.9 Å². The van der Waals surface area contributed by atoms with E-state index in [9.17, 15) is 18.6 Å². The van der Waals surface area contributed by atoms with Gasteiger partial charge in [0.1, 0.15) is 18.2 Å². The van der Waals surface area contributed by atoms with Gasteiger partial charge in [-0.25, -0.2) is 14.0 Å². The van der Waals surface area contributed by atoms with E-state index < -0.39 is 27.6 Å². The molecule has 0 saturated heterocycles. The second-order valence-corrected chi connectivity index (χ2v) is 13.4. The summed E-state index contributed by atoms with van der Waals surface area (Å²) in [6.07, 6.45) is 1.81. The molecule has 244 valence electrons. The Morgan fingerprint density at radius 2 is 1.54 bits per heavy atom. The van der Waals surface area contributed by atoms with Crippen molar-refractivity contribution < 1.29 is 28.1 Å². The van der Waals surface area contributed by atoms with E-state index in [-0.39, 0.29) is 40.0 Å². The molecule has 0 aliphatic rings. The molecule has 5 rings (SSSR count). The summed E-state index contributed by atoms with van der Waals surface area (Å²) in [4.78, 5) is 43.6. The molecule has 2 N–H and O–H groups in total. The van der Waals surface area contributed by atoms with Crippen LogP contribution in [0.2, 0.25) is 10.0 Å². The van der Waals surface area contributed by atoms with Crippen LogP contribution in [-0.2, 0) is 21.1 Å². The average molecular weight is 704 g/mol. The Labute approximate surface area is 287 Å². The largest absolute Gasteiger partial charge is 0.494 e. The normalized spacial score (nSPS) is 11.9. The summed E-state index contributed by atoms with van der Waals surface area (Å²) in [6, 6.07) is 28.4. The van der Waals surface area contributed by atoms with Gasteiger partial charge in [0.15, 0.2) is 0 Å². The van der Waals surface area contributed by atoms with Gasteiger partial charge in [-0.05, 0) is 53.1 Å². The lowest BCUT2D eigenvalue weighted by atomic mass is 10.0. The number of carbonyl (C=O) groups excluding carboxylic acids is 3. The van der Waals surface area contributed by atoms with Gasteiger partial charge in [-0.15, -0.1) is 4.36 Å². The Balaban J connectivity index is 1.37. The molecule has 0 fully saturated rings. The number of halogens is 2. The zero-order valence-electron chi connectivity index (χ0n) is 25.6. The number of aromatic nitrogens is 1. The molecule has 1 heterocycles. The molecule has 0 bridgehead atoms. The first-order valence-corrected chi connectivity index (χ1v) is 17.0. The van der Waals surface area contributed by atoms with Crippen LogP contribution >= 0.6 is 23.2 Å². The van der Waals surface area contributed by atoms with Gasteiger partial charge in [-0.3, -0.25) is 9.59 Å². The van der Waals surface area contributed by atoms with Crippen molar-refractivity contribution in [2.75, 3.05) is 24.0 Å². The van der Waals surface area contributed by atoms with Crippen LogP contribution in [0.3, 0.4) is 0 Å². The highest BCUT2D eigenvalue weighted by molar-refractivity contribution is 7.93. The highest BCUT2D eigenvalue weighted by Crippen LogP contribution is 2.34. The molecule has 0 aliphatic carbocycles. The van der Waals surface area contributed by atoms with Gasteiger partial charge in [0.05, 0.1) is 38.0 Å². The number of amides is 3. The van der Waals surface area contributed by atoms with E-state index in [4.69, 9.17) is 32.7 Å². The minimum atomic E-state index is -3.21. The number of pyridine rings is 1. The number of hydrogen-bond donors (Lipinski definition) is 2. The van der Waals surface area contributed by atoms with Crippen molar-refractivity contribution in [3.63, 3.8) is 0 Å². The molecule has 10 nitrogen and oxygen atoms in total. The van der Waals surface area contributed by atoms with E-state index in [1.54, 1.807) is 66.7 Å². The van der Waals surface area contributed by atoms with E-state index in [2.05, 4.69) is 20.0 Å². The summed E-state index contributed by atoms with van der Waals surface area (Å²) in [5.41, 5.74) is 2.36. The maximum Gasteiger partial charge on any atom is 0.442 e. The lowest BCUT2D eigenvalue weighted by Gasteiger charge is -2.16. The van der Waals surface area contributed by atoms with Crippen molar-refractivity contribution in [2.45, 2.75) is 11.5 Å². The van der Waals surface area contributed by atoms with Gasteiger partial charge < -0.3 is 20.1 Å². The third kappa shape index (κ3) is 8.37. The number of ether oxygens (including phenoxy) is 2. The minimum Gasteiger partial charge on any atom is -0.494 e. The number of nitrogens with one attached hydrogen (secondary N) is 2. The first-order chi connectivity index (χ1) is 23.0. The fourth-order valence-electron chi connectivity index (χ4n) is 4.64. The number of methoxy groups -OCH3 is 1. The predicted octanol–water partition coefficient (Wildman–Crippen LogP) is 8.36. The summed E-state index contributed by atoms with van der Waals surface area (Å²) in [6.45, 7) is -0.00249. The first-order valence-electron chi connectivity index (χ1n) is 14.3. The lowest BCUT2D eigenvalue weighted by Crippen LogP contribution is -2.19. The van der Waals surface area contributed by atoms with Crippen LogP contribution in [-0.4, -0.2) is 40.5 Å². The smallest absolute Gasteiger partial charge is 0.442 e. The molecule has 1 unspecified atom stereocenters. The fraction of sp³-hybridized carbons (Fsp3) is 0.0857. The molecule has 4 aromatic carbocycles. The van der Waals surface area contributed by atoms with Crippen LogP contribution in [0.15, 0.2) is 119 Å². The molecule has 0 spiro atoms. The second-order valence-electron chi connectivity index (χ2n) is 10.3. The highest BCUT2D eigenvalue weighted by Gasteiger charge is 2.22. The summed E-state index contributed by atoms with van der Waals surface area (Å²) >= 11 is 12.1. The van der Waals surface area contributed by atoms with Crippen LogP contribution in [0.1, 0.15) is 26.3 Å². The molecule has 0 radical (unpaired) electrons. The predicted molar refractivity (Wildman–Crippen MR) is 186 cm³/mol. The van der Waals surface area contributed by atoms with E-state index in [1.807, 2.05) is 18.2 Å². The minimum absolute atomic E-state index is 0.00249. The van der Waals surface area contributed by atoms with Crippen LogP contribution in [0, 0.1) is 0 Å². The van der Waals surface area contributed by atoms with Crippen molar-refractivity contribution in [1.82, 2.24) is 4.98 Å². The molecule has 1 atom stereocenters. The van der Waals surface area contributed by atoms with E-state index in [0.717, 1.165) is 5.56 Å². The van der Waals surface area contributed by atoms with Gasteiger partial charge in [0.25, 0.3) is 11.8 Å². The molecule has 13 heteroatoms. The van der Waals surface area contributed by atoms with Crippen LogP contribution in [0.4, 0.5) is 16.3 Å². The van der Waals surface area contributed by atoms with Crippen molar-refractivity contribution in [3.8, 4) is 16.9 Å². The Morgan fingerprint density at radius 1 is 0.833 bits per heavy atom. The Kier molecular flexibility index (Phi) is 10.7. The molecule has 0 saturated carbocycles. The van der Waals surface area contributed by atoms with Crippen LogP contribution < -0.4 is 15.4 Å². The summed E-state index contributed by atoms with van der Waals surface area (Å²) in [7, 11) is -1.83.